The fourth-order valence-corrected chi connectivity index (χ4v) is 2.98. The van der Waals surface area contributed by atoms with Gasteiger partial charge in [-0.15, -0.1) is 0 Å². The summed E-state index contributed by atoms with van der Waals surface area (Å²) in [6, 6.07) is 8.89. The smallest absolute Gasteiger partial charge is 0.417 e. The van der Waals surface area contributed by atoms with Crippen molar-refractivity contribution < 1.29 is 22.3 Å². The maximum Gasteiger partial charge on any atom is 0.417 e. The molecule has 9 heteroatoms. The molecule has 0 bridgehead atoms. The van der Waals surface area contributed by atoms with Crippen LogP contribution in [0.15, 0.2) is 53.5 Å². The van der Waals surface area contributed by atoms with Crippen molar-refractivity contribution in [3.05, 3.63) is 81.0 Å². The summed E-state index contributed by atoms with van der Waals surface area (Å²) < 4.78 is 59.1. The molecule has 146 valence electrons. The zero-order chi connectivity index (χ0) is 20.5. The molecule has 1 heterocycles. The average Bonchev–Trinajstić information content (AvgIpc) is 2.64. The van der Waals surface area contributed by atoms with Gasteiger partial charge in [0.25, 0.3) is 0 Å². The first-order valence-corrected chi connectivity index (χ1v) is 8.34. The quantitative estimate of drug-likeness (QED) is 0.579. The maximum absolute atomic E-state index is 13.2. The number of alkyl halides is 3. The Morgan fingerprint density at radius 2 is 1.82 bits per heavy atom. The van der Waals surface area contributed by atoms with Crippen LogP contribution in [0.25, 0.3) is 11.4 Å². The Morgan fingerprint density at radius 1 is 1.14 bits per heavy atom. The predicted molar refractivity (Wildman–Crippen MR) is 96.0 cm³/mol. The number of rotatable bonds is 4. The summed E-state index contributed by atoms with van der Waals surface area (Å²) >= 11 is 5.99. The number of nitrogens with zero attached hydrogens (tertiary/aromatic N) is 2. The highest BCUT2D eigenvalue weighted by Gasteiger charge is 2.34. The molecule has 3 rings (SSSR count). The molecule has 0 fully saturated rings. The van der Waals surface area contributed by atoms with E-state index in [0.29, 0.717) is 5.56 Å². The number of aromatic nitrogens is 2. The minimum absolute atomic E-state index is 0.0571. The van der Waals surface area contributed by atoms with Gasteiger partial charge < -0.3 is 9.30 Å². The number of benzene rings is 2. The normalized spacial score (nSPS) is 11.5. The van der Waals surface area contributed by atoms with Gasteiger partial charge in [0.15, 0.2) is 0 Å². The molecule has 1 aromatic heterocycles. The summed E-state index contributed by atoms with van der Waals surface area (Å²) in [5.74, 6) is -0.583. The molecule has 0 aliphatic rings. The topological polar surface area (TPSA) is 44.1 Å². The van der Waals surface area contributed by atoms with Crippen LogP contribution in [0.3, 0.4) is 0 Å². The monoisotopic (exact) mass is 412 g/mol. The lowest BCUT2D eigenvalue weighted by molar-refractivity contribution is -0.137. The largest absolute Gasteiger partial charge is 0.490 e. The van der Waals surface area contributed by atoms with Gasteiger partial charge in [-0.2, -0.15) is 18.2 Å². The highest BCUT2D eigenvalue weighted by molar-refractivity contribution is 6.34. The Bertz CT molecular complexity index is 1060. The third kappa shape index (κ3) is 4.01. The minimum Gasteiger partial charge on any atom is -0.490 e. The van der Waals surface area contributed by atoms with E-state index >= 15 is 0 Å². The van der Waals surface area contributed by atoms with Crippen molar-refractivity contribution in [2.45, 2.75) is 12.7 Å². The summed E-state index contributed by atoms with van der Waals surface area (Å²) in [4.78, 5) is 16.0. The molecule has 0 radical (unpaired) electrons. The Hall–Kier alpha value is -2.87. The van der Waals surface area contributed by atoms with E-state index in [1.54, 1.807) is 0 Å². The van der Waals surface area contributed by atoms with Gasteiger partial charge >= 0.3 is 11.7 Å². The van der Waals surface area contributed by atoms with Crippen molar-refractivity contribution in [3.63, 3.8) is 0 Å². The fourth-order valence-electron chi connectivity index (χ4n) is 2.66. The second kappa shape index (κ2) is 7.63. The van der Waals surface area contributed by atoms with Crippen LogP contribution in [0.5, 0.6) is 5.75 Å². The first kappa shape index (κ1) is 19.9. The molecule has 0 amide bonds. The zero-order valence-corrected chi connectivity index (χ0v) is 15.2. The zero-order valence-electron chi connectivity index (χ0n) is 14.4. The standard InChI is InChI=1S/C19H13ClF4N2O2/c1-28-15-10-26(9-11-5-7-12(21)8-6-11)17(25-18(15)27)13-3-2-4-14(16(13)20)19(22,23)24/h2-8,10H,9H2,1H3. The number of hydrogen-bond donors (Lipinski definition) is 0. The van der Waals surface area contributed by atoms with E-state index in [-0.39, 0.29) is 23.7 Å². The molecular formula is C19H13ClF4N2O2. The molecule has 0 aliphatic carbocycles. The van der Waals surface area contributed by atoms with E-state index in [9.17, 15) is 22.4 Å². The van der Waals surface area contributed by atoms with Gasteiger partial charge in [0, 0.05) is 12.1 Å². The van der Waals surface area contributed by atoms with E-state index in [1.165, 1.54) is 54.3 Å². The Kier molecular flexibility index (Phi) is 5.42. The van der Waals surface area contributed by atoms with E-state index in [1.807, 2.05) is 0 Å². The number of ether oxygens (including phenoxy) is 1. The van der Waals surface area contributed by atoms with Crippen molar-refractivity contribution in [3.8, 4) is 17.1 Å². The number of halogens is 5. The molecule has 0 saturated carbocycles. The third-order valence-electron chi connectivity index (χ3n) is 3.99. The Balaban J connectivity index is 2.19. The van der Waals surface area contributed by atoms with Crippen LogP contribution in [-0.2, 0) is 12.7 Å². The molecule has 3 aromatic rings. The summed E-state index contributed by atoms with van der Waals surface area (Å²) in [7, 11) is 1.28. The number of methoxy groups -OCH3 is 1. The van der Waals surface area contributed by atoms with Gasteiger partial charge in [-0.3, -0.25) is 4.79 Å². The summed E-state index contributed by atoms with van der Waals surface area (Å²) in [5.41, 5.74) is -1.21. The molecule has 0 saturated heterocycles. The van der Waals surface area contributed by atoms with E-state index in [2.05, 4.69) is 4.98 Å². The van der Waals surface area contributed by atoms with Crippen LogP contribution >= 0.6 is 11.6 Å². The molecule has 4 nitrogen and oxygen atoms in total. The molecule has 0 aliphatic heterocycles. The molecule has 28 heavy (non-hydrogen) atoms. The summed E-state index contributed by atoms with van der Waals surface area (Å²) in [5, 5.41) is -0.570. The van der Waals surface area contributed by atoms with Gasteiger partial charge in [-0.25, -0.2) is 4.39 Å². The van der Waals surface area contributed by atoms with Gasteiger partial charge in [-0.05, 0) is 29.8 Å². The van der Waals surface area contributed by atoms with E-state index in [4.69, 9.17) is 16.3 Å². The SMILES string of the molecule is COc1cn(Cc2ccc(F)cc2)c(-c2cccc(C(F)(F)F)c2Cl)nc1=O. The van der Waals surface area contributed by atoms with Crippen LogP contribution in [0.1, 0.15) is 11.1 Å². The lowest BCUT2D eigenvalue weighted by Crippen LogP contribution is -2.18. The van der Waals surface area contributed by atoms with Gasteiger partial charge in [0.2, 0.25) is 5.75 Å². The van der Waals surface area contributed by atoms with Gasteiger partial charge in [0.1, 0.15) is 11.6 Å². The average molecular weight is 413 g/mol. The first-order chi connectivity index (χ1) is 13.2. The Morgan fingerprint density at radius 3 is 2.43 bits per heavy atom. The Labute approximate surface area is 162 Å². The van der Waals surface area contributed by atoms with Crippen molar-refractivity contribution in [1.82, 2.24) is 9.55 Å². The van der Waals surface area contributed by atoms with Crippen LogP contribution in [0.2, 0.25) is 5.02 Å². The van der Waals surface area contributed by atoms with Crippen LogP contribution in [0.4, 0.5) is 17.6 Å². The van der Waals surface area contributed by atoms with Crippen molar-refractivity contribution in [2.24, 2.45) is 0 Å². The number of hydrogen-bond acceptors (Lipinski definition) is 3. The second-order valence-corrected chi connectivity index (χ2v) is 6.24. The minimum atomic E-state index is -4.67. The highest BCUT2D eigenvalue weighted by Crippen LogP contribution is 2.39. The van der Waals surface area contributed by atoms with Crippen LogP contribution in [-0.4, -0.2) is 16.7 Å². The molecule has 0 spiro atoms. The highest BCUT2D eigenvalue weighted by atomic mass is 35.5. The van der Waals surface area contributed by atoms with Crippen molar-refractivity contribution in [1.29, 1.82) is 0 Å². The molecule has 0 atom stereocenters. The summed E-state index contributed by atoms with van der Waals surface area (Å²) in [6.45, 7) is 0.103. The first-order valence-electron chi connectivity index (χ1n) is 7.96. The van der Waals surface area contributed by atoms with Gasteiger partial charge in [0.05, 0.1) is 23.9 Å². The molecular weight excluding hydrogens is 400 g/mol. The van der Waals surface area contributed by atoms with E-state index < -0.39 is 28.1 Å². The summed E-state index contributed by atoms with van der Waals surface area (Å²) in [6.07, 6.45) is -3.34. The van der Waals surface area contributed by atoms with Crippen LogP contribution < -0.4 is 10.3 Å². The molecule has 2 aromatic carbocycles. The van der Waals surface area contributed by atoms with E-state index in [0.717, 1.165) is 6.07 Å². The van der Waals surface area contributed by atoms with Gasteiger partial charge in [-0.1, -0.05) is 29.8 Å². The van der Waals surface area contributed by atoms with Crippen molar-refractivity contribution in [2.75, 3.05) is 7.11 Å². The van der Waals surface area contributed by atoms with Crippen LogP contribution in [0, 0.1) is 5.82 Å². The fraction of sp³-hybridized carbons (Fsp3) is 0.158. The van der Waals surface area contributed by atoms with Crippen molar-refractivity contribution >= 4 is 11.6 Å². The molecule has 0 N–H and O–H groups in total. The predicted octanol–water partition coefficient (Wildman–Crippen LogP) is 4.78. The third-order valence-corrected chi connectivity index (χ3v) is 4.40. The maximum atomic E-state index is 13.2. The second-order valence-electron chi connectivity index (χ2n) is 5.86. The lowest BCUT2D eigenvalue weighted by Gasteiger charge is -2.17. The molecule has 0 unspecified atom stereocenters. The lowest BCUT2D eigenvalue weighted by atomic mass is 10.1.